The molecule has 8 nitrogen and oxygen atoms in total. The highest BCUT2D eigenvalue weighted by Crippen LogP contribution is 2.27. The first-order valence-electron chi connectivity index (χ1n) is 4.85. The van der Waals surface area contributed by atoms with E-state index in [0.29, 0.717) is 0 Å². The zero-order valence-corrected chi connectivity index (χ0v) is 9.37. The Kier molecular flexibility index (Phi) is 3.35. The molecule has 2 heterocycles. The SMILES string of the molecule is O=c1[nH]c(=S)cnn1C1OC(CO)C(O)C1O. The van der Waals surface area contributed by atoms with Gasteiger partial charge < -0.3 is 20.1 Å². The number of aliphatic hydroxyl groups excluding tert-OH is 3. The van der Waals surface area contributed by atoms with Crippen LogP contribution in [0.15, 0.2) is 11.0 Å². The van der Waals surface area contributed by atoms with E-state index in [-0.39, 0.29) is 4.64 Å². The average molecular weight is 261 g/mol. The summed E-state index contributed by atoms with van der Waals surface area (Å²) in [6.07, 6.45) is -3.51. The van der Waals surface area contributed by atoms with Gasteiger partial charge in [-0.15, -0.1) is 0 Å². The van der Waals surface area contributed by atoms with Crippen LogP contribution in [0.2, 0.25) is 0 Å². The molecule has 1 aromatic heterocycles. The minimum atomic E-state index is -1.35. The second kappa shape index (κ2) is 4.63. The highest BCUT2D eigenvalue weighted by molar-refractivity contribution is 7.71. The number of H-pyrrole nitrogens is 1. The lowest BCUT2D eigenvalue weighted by Gasteiger charge is -2.15. The normalized spacial score (nSPS) is 32.9. The Morgan fingerprint density at radius 2 is 2.24 bits per heavy atom. The van der Waals surface area contributed by atoms with E-state index in [2.05, 4.69) is 10.1 Å². The van der Waals surface area contributed by atoms with E-state index in [9.17, 15) is 15.0 Å². The lowest BCUT2D eigenvalue weighted by molar-refractivity contribution is -0.0617. The summed E-state index contributed by atoms with van der Waals surface area (Å²) < 4.78 is 6.12. The lowest BCUT2D eigenvalue weighted by Crippen LogP contribution is -2.37. The van der Waals surface area contributed by atoms with Crippen LogP contribution >= 0.6 is 12.2 Å². The molecule has 0 aromatic carbocycles. The van der Waals surface area contributed by atoms with Crippen LogP contribution in [-0.2, 0) is 4.74 Å². The summed E-state index contributed by atoms with van der Waals surface area (Å²) in [6, 6.07) is 0. The van der Waals surface area contributed by atoms with E-state index in [1.807, 2.05) is 0 Å². The molecule has 0 spiro atoms. The van der Waals surface area contributed by atoms with E-state index in [1.54, 1.807) is 0 Å². The third-order valence-electron chi connectivity index (χ3n) is 2.50. The van der Waals surface area contributed by atoms with Gasteiger partial charge in [-0.2, -0.15) is 9.78 Å². The minimum Gasteiger partial charge on any atom is -0.394 e. The summed E-state index contributed by atoms with van der Waals surface area (Å²) in [5.41, 5.74) is -0.660. The molecule has 4 atom stereocenters. The van der Waals surface area contributed by atoms with Gasteiger partial charge in [0.25, 0.3) is 0 Å². The monoisotopic (exact) mass is 261 g/mol. The molecule has 2 rings (SSSR count). The fourth-order valence-corrected chi connectivity index (χ4v) is 1.76. The molecule has 0 amide bonds. The highest BCUT2D eigenvalue weighted by Gasteiger charge is 2.44. The summed E-state index contributed by atoms with van der Waals surface area (Å²) >= 11 is 4.71. The maximum absolute atomic E-state index is 11.5. The maximum Gasteiger partial charge on any atom is 0.345 e. The van der Waals surface area contributed by atoms with Crippen molar-refractivity contribution in [1.82, 2.24) is 14.8 Å². The zero-order valence-electron chi connectivity index (χ0n) is 8.55. The van der Waals surface area contributed by atoms with Gasteiger partial charge in [-0.05, 0) is 0 Å². The number of hydrogen-bond donors (Lipinski definition) is 4. The standard InChI is InChI=1S/C8H11N3O5S/c12-2-3-5(13)6(14)7(16-3)11-8(15)10-4(17)1-9-11/h1,3,5-7,12-14H,2H2,(H,10,15,17). The molecule has 0 radical (unpaired) electrons. The first kappa shape index (κ1) is 12.3. The van der Waals surface area contributed by atoms with E-state index < -0.39 is 36.8 Å². The topological polar surface area (TPSA) is 121 Å². The van der Waals surface area contributed by atoms with Crippen LogP contribution in [-0.4, -0.2) is 55.0 Å². The van der Waals surface area contributed by atoms with E-state index >= 15 is 0 Å². The zero-order chi connectivity index (χ0) is 12.6. The molecule has 1 saturated heterocycles. The van der Waals surface area contributed by atoms with Gasteiger partial charge in [0.1, 0.15) is 23.0 Å². The molecule has 0 saturated carbocycles. The van der Waals surface area contributed by atoms with Gasteiger partial charge in [-0.1, -0.05) is 12.2 Å². The number of aromatic amines is 1. The van der Waals surface area contributed by atoms with Gasteiger partial charge in [-0.25, -0.2) is 4.79 Å². The van der Waals surface area contributed by atoms with Crippen molar-refractivity contribution in [1.29, 1.82) is 0 Å². The van der Waals surface area contributed by atoms with Crippen LogP contribution in [0.1, 0.15) is 6.23 Å². The van der Waals surface area contributed by atoms with Crippen molar-refractivity contribution in [2.75, 3.05) is 6.61 Å². The van der Waals surface area contributed by atoms with Gasteiger partial charge in [0.05, 0.1) is 12.8 Å². The third-order valence-corrected chi connectivity index (χ3v) is 2.70. The predicted molar refractivity (Wildman–Crippen MR) is 56.7 cm³/mol. The maximum atomic E-state index is 11.5. The summed E-state index contributed by atoms with van der Waals surface area (Å²) in [5, 5.41) is 31.8. The van der Waals surface area contributed by atoms with Crippen LogP contribution in [0.25, 0.3) is 0 Å². The van der Waals surface area contributed by atoms with Crippen LogP contribution in [0.5, 0.6) is 0 Å². The van der Waals surface area contributed by atoms with Gasteiger partial charge >= 0.3 is 5.69 Å². The largest absolute Gasteiger partial charge is 0.394 e. The molecule has 4 N–H and O–H groups in total. The number of ether oxygens (including phenoxy) is 1. The lowest BCUT2D eigenvalue weighted by atomic mass is 10.1. The van der Waals surface area contributed by atoms with E-state index in [0.717, 1.165) is 4.68 Å². The average Bonchev–Trinajstić information content (AvgIpc) is 2.57. The Morgan fingerprint density at radius 3 is 2.76 bits per heavy atom. The van der Waals surface area contributed by atoms with Gasteiger partial charge in [0.2, 0.25) is 0 Å². The highest BCUT2D eigenvalue weighted by atomic mass is 32.1. The van der Waals surface area contributed by atoms with Crippen molar-refractivity contribution in [2.24, 2.45) is 0 Å². The molecule has 0 bridgehead atoms. The van der Waals surface area contributed by atoms with E-state index in [4.69, 9.17) is 22.1 Å². The van der Waals surface area contributed by atoms with Gasteiger partial charge in [-0.3, -0.25) is 4.98 Å². The van der Waals surface area contributed by atoms with Crippen molar-refractivity contribution in [3.63, 3.8) is 0 Å². The molecule has 1 aliphatic heterocycles. The third kappa shape index (κ3) is 2.15. The first-order valence-corrected chi connectivity index (χ1v) is 5.26. The number of rotatable bonds is 2. The second-order valence-electron chi connectivity index (χ2n) is 3.61. The van der Waals surface area contributed by atoms with Crippen LogP contribution in [0, 0.1) is 4.64 Å². The summed E-state index contributed by atoms with van der Waals surface area (Å²) in [6.45, 7) is -0.466. The molecule has 4 unspecified atom stereocenters. The predicted octanol–water partition coefficient (Wildman–Crippen LogP) is -2.09. The molecular formula is C8H11N3O5S. The van der Waals surface area contributed by atoms with Crippen LogP contribution in [0.4, 0.5) is 0 Å². The summed E-state index contributed by atoms with van der Waals surface area (Å²) in [7, 11) is 0. The van der Waals surface area contributed by atoms with Crippen LogP contribution < -0.4 is 5.69 Å². The second-order valence-corrected chi connectivity index (χ2v) is 4.05. The Hall–Kier alpha value is -1.13. The number of hydrogen-bond acceptors (Lipinski definition) is 7. The molecule has 0 aliphatic carbocycles. The first-order chi connectivity index (χ1) is 8.04. The molecule has 17 heavy (non-hydrogen) atoms. The van der Waals surface area contributed by atoms with E-state index in [1.165, 1.54) is 6.20 Å². The Morgan fingerprint density at radius 1 is 1.53 bits per heavy atom. The number of aliphatic hydroxyl groups is 3. The van der Waals surface area contributed by atoms with Gasteiger partial charge in [0, 0.05) is 0 Å². The number of nitrogens with one attached hydrogen (secondary N) is 1. The summed E-state index contributed by atoms with van der Waals surface area (Å²) in [4.78, 5) is 13.8. The Balaban J connectivity index is 2.35. The quantitative estimate of drug-likeness (QED) is 0.450. The molecule has 1 aliphatic rings. The van der Waals surface area contributed by atoms with Crippen molar-refractivity contribution in [3.8, 4) is 0 Å². The number of aromatic nitrogens is 3. The van der Waals surface area contributed by atoms with Crippen molar-refractivity contribution >= 4 is 12.2 Å². The molecular weight excluding hydrogens is 250 g/mol. The van der Waals surface area contributed by atoms with Crippen molar-refractivity contribution in [3.05, 3.63) is 21.3 Å². The van der Waals surface area contributed by atoms with Crippen LogP contribution in [0.3, 0.4) is 0 Å². The number of nitrogens with zero attached hydrogens (tertiary/aromatic N) is 2. The Labute approximate surface area is 100 Å². The molecule has 94 valence electrons. The fourth-order valence-electron chi connectivity index (χ4n) is 1.63. The Bertz CT molecular complexity index is 514. The van der Waals surface area contributed by atoms with Crippen molar-refractivity contribution in [2.45, 2.75) is 24.5 Å². The van der Waals surface area contributed by atoms with Gasteiger partial charge in [0.15, 0.2) is 6.23 Å². The molecule has 1 fully saturated rings. The molecule has 1 aromatic rings. The minimum absolute atomic E-state index is 0.151. The molecule has 9 heteroatoms. The fraction of sp³-hybridized carbons (Fsp3) is 0.625. The van der Waals surface area contributed by atoms with Crippen molar-refractivity contribution < 1.29 is 20.1 Å². The smallest absolute Gasteiger partial charge is 0.345 e. The summed E-state index contributed by atoms with van der Waals surface area (Å²) in [5.74, 6) is 0.